The van der Waals surface area contributed by atoms with Gasteiger partial charge in [0.25, 0.3) is 0 Å². The molecule has 0 radical (unpaired) electrons. The van der Waals surface area contributed by atoms with Gasteiger partial charge in [0.2, 0.25) is 29.5 Å². The normalized spacial score (nSPS) is 16.1. The second-order valence-electron chi connectivity index (χ2n) is 8.54. The van der Waals surface area contributed by atoms with Gasteiger partial charge in [0.1, 0.15) is 12.1 Å². The molecule has 200 valence electrons. The zero-order valence-electron chi connectivity index (χ0n) is 20.1. The number of carboxylic acid groups (broad SMARTS) is 1. The molecule has 0 aliphatic heterocycles. The first-order valence-electron chi connectivity index (χ1n) is 10.9. The summed E-state index contributed by atoms with van der Waals surface area (Å²) >= 11 is 0. The molecular weight excluding hydrogens is 468 g/mol. The standard InChI is InChI=1S/C20H36N6O9/c1-8(2)5-12(18(32)26-16(10(4)28)20(34)35)24-19(33)15(9(3)27)25-14(30)7-23-17(31)11(21)6-13(22)29/h8-12,15-16,27-28H,5-7,21H2,1-4H3,(H2,22,29)(H,23,31)(H,24,33)(H,25,30)(H,26,32)(H,34,35)/t9-,10-,11+,12+,15+,16+/m1/s1. The van der Waals surface area contributed by atoms with Crippen LogP contribution < -0.4 is 32.7 Å². The van der Waals surface area contributed by atoms with E-state index in [0.717, 1.165) is 0 Å². The summed E-state index contributed by atoms with van der Waals surface area (Å²) in [6.07, 6.45) is -3.19. The van der Waals surface area contributed by atoms with Crippen LogP contribution in [0.25, 0.3) is 0 Å². The Hall–Kier alpha value is -3.30. The molecule has 6 atom stereocenters. The third-order valence-corrected chi connectivity index (χ3v) is 4.65. The lowest BCUT2D eigenvalue weighted by molar-refractivity contribution is -0.145. The molecule has 0 aromatic rings. The highest BCUT2D eigenvalue weighted by atomic mass is 16.4. The van der Waals surface area contributed by atoms with Gasteiger partial charge in [-0.05, 0) is 26.2 Å². The lowest BCUT2D eigenvalue weighted by Gasteiger charge is -2.27. The number of aliphatic carboxylic acids is 1. The lowest BCUT2D eigenvalue weighted by Crippen LogP contribution is -2.60. The van der Waals surface area contributed by atoms with E-state index in [9.17, 15) is 39.0 Å². The third-order valence-electron chi connectivity index (χ3n) is 4.65. The molecule has 11 N–H and O–H groups in total. The molecule has 35 heavy (non-hydrogen) atoms. The molecule has 5 amide bonds. The minimum Gasteiger partial charge on any atom is -0.480 e. The summed E-state index contributed by atoms with van der Waals surface area (Å²) in [4.78, 5) is 71.4. The second-order valence-corrected chi connectivity index (χ2v) is 8.54. The van der Waals surface area contributed by atoms with Gasteiger partial charge in [0.15, 0.2) is 6.04 Å². The Morgan fingerprint density at radius 1 is 0.800 bits per heavy atom. The zero-order valence-corrected chi connectivity index (χ0v) is 20.1. The molecule has 0 bridgehead atoms. The van der Waals surface area contributed by atoms with Gasteiger partial charge in [-0.2, -0.15) is 0 Å². The number of carbonyl (C=O) groups is 6. The van der Waals surface area contributed by atoms with E-state index in [2.05, 4.69) is 21.3 Å². The fourth-order valence-corrected chi connectivity index (χ4v) is 2.84. The van der Waals surface area contributed by atoms with Crippen molar-refractivity contribution < 1.29 is 44.1 Å². The van der Waals surface area contributed by atoms with Gasteiger partial charge in [-0.1, -0.05) is 13.8 Å². The maximum absolute atomic E-state index is 12.7. The van der Waals surface area contributed by atoms with E-state index in [1.54, 1.807) is 13.8 Å². The zero-order chi connectivity index (χ0) is 27.5. The van der Waals surface area contributed by atoms with Gasteiger partial charge >= 0.3 is 5.97 Å². The number of aliphatic hydroxyl groups is 2. The molecule has 0 aliphatic rings. The summed E-state index contributed by atoms with van der Waals surface area (Å²) < 4.78 is 0. The van der Waals surface area contributed by atoms with Gasteiger partial charge in [-0.25, -0.2) is 4.79 Å². The van der Waals surface area contributed by atoms with Crippen LogP contribution in [0.3, 0.4) is 0 Å². The first kappa shape index (κ1) is 31.7. The molecule has 0 spiro atoms. The maximum atomic E-state index is 12.7. The summed E-state index contributed by atoms with van der Waals surface area (Å²) in [7, 11) is 0. The number of nitrogens with one attached hydrogen (secondary N) is 4. The van der Waals surface area contributed by atoms with Crippen molar-refractivity contribution in [2.45, 2.75) is 76.9 Å². The van der Waals surface area contributed by atoms with Crippen LogP contribution in [-0.4, -0.2) is 93.7 Å². The Morgan fingerprint density at radius 2 is 1.34 bits per heavy atom. The summed E-state index contributed by atoms with van der Waals surface area (Å²) in [5.74, 6) is -5.96. The minimum atomic E-state index is -1.62. The number of aliphatic hydroxyl groups excluding tert-OH is 2. The average Bonchev–Trinajstić information content (AvgIpc) is 2.71. The van der Waals surface area contributed by atoms with Gasteiger partial charge in [-0.3, -0.25) is 24.0 Å². The van der Waals surface area contributed by atoms with E-state index in [0.29, 0.717) is 0 Å². The first-order chi connectivity index (χ1) is 16.1. The topological polar surface area (TPSA) is 263 Å². The number of carbonyl (C=O) groups excluding carboxylic acids is 5. The van der Waals surface area contributed by atoms with Crippen LogP contribution in [0, 0.1) is 5.92 Å². The molecule has 0 aromatic heterocycles. The Bertz CT molecular complexity index is 787. The smallest absolute Gasteiger partial charge is 0.328 e. The van der Waals surface area contributed by atoms with Crippen molar-refractivity contribution in [3.63, 3.8) is 0 Å². The monoisotopic (exact) mass is 504 g/mol. The number of amides is 5. The van der Waals surface area contributed by atoms with Crippen LogP contribution in [-0.2, 0) is 28.8 Å². The van der Waals surface area contributed by atoms with E-state index in [1.165, 1.54) is 13.8 Å². The fraction of sp³-hybridized carbons (Fsp3) is 0.700. The van der Waals surface area contributed by atoms with Crippen LogP contribution in [0.2, 0.25) is 0 Å². The Balaban J connectivity index is 5.28. The Morgan fingerprint density at radius 3 is 1.77 bits per heavy atom. The summed E-state index contributed by atoms with van der Waals surface area (Å²) in [5, 5.41) is 37.6. The predicted molar refractivity (Wildman–Crippen MR) is 121 cm³/mol. The lowest BCUT2D eigenvalue weighted by atomic mass is 10.0. The summed E-state index contributed by atoms with van der Waals surface area (Å²) in [6.45, 7) is 5.24. The number of hydrogen-bond donors (Lipinski definition) is 9. The molecule has 15 nitrogen and oxygen atoms in total. The van der Waals surface area contributed by atoms with Crippen molar-refractivity contribution in [1.82, 2.24) is 21.3 Å². The Kier molecular flexibility index (Phi) is 13.5. The van der Waals surface area contributed by atoms with Crippen molar-refractivity contribution in [3.05, 3.63) is 0 Å². The largest absolute Gasteiger partial charge is 0.480 e. The number of primary amides is 1. The van der Waals surface area contributed by atoms with Gasteiger partial charge < -0.3 is 48.1 Å². The maximum Gasteiger partial charge on any atom is 0.328 e. The van der Waals surface area contributed by atoms with Crippen molar-refractivity contribution in [2.24, 2.45) is 17.4 Å². The van der Waals surface area contributed by atoms with E-state index in [-0.39, 0.29) is 12.3 Å². The number of nitrogens with two attached hydrogens (primary N) is 2. The first-order valence-corrected chi connectivity index (χ1v) is 10.9. The SMILES string of the molecule is CC(C)C[C@H](NC(=O)[C@@H](NC(=O)CNC(=O)[C@@H](N)CC(N)=O)[C@@H](C)O)C(=O)N[C@H](C(=O)O)[C@@H](C)O. The van der Waals surface area contributed by atoms with Gasteiger partial charge in [-0.15, -0.1) is 0 Å². The molecule has 15 heteroatoms. The van der Waals surface area contributed by atoms with Crippen LogP contribution in [0.5, 0.6) is 0 Å². The highest BCUT2D eigenvalue weighted by Gasteiger charge is 2.33. The van der Waals surface area contributed by atoms with Gasteiger partial charge in [0.05, 0.1) is 31.2 Å². The van der Waals surface area contributed by atoms with E-state index in [4.69, 9.17) is 16.6 Å². The van der Waals surface area contributed by atoms with Crippen molar-refractivity contribution >= 4 is 35.5 Å². The third kappa shape index (κ3) is 12.1. The molecule has 0 saturated carbocycles. The molecule has 0 rings (SSSR count). The number of rotatable bonds is 15. The van der Waals surface area contributed by atoms with Crippen molar-refractivity contribution in [3.8, 4) is 0 Å². The molecule has 0 aliphatic carbocycles. The van der Waals surface area contributed by atoms with Crippen LogP contribution in [0.15, 0.2) is 0 Å². The quantitative estimate of drug-likeness (QED) is 0.103. The van der Waals surface area contributed by atoms with E-state index >= 15 is 0 Å². The van der Waals surface area contributed by atoms with Gasteiger partial charge in [0, 0.05) is 0 Å². The Labute approximate surface area is 202 Å². The van der Waals surface area contributed by atoms with E-state index in [1.807, 2.05) is 0 Å². The highest BCUT2D eigenvalue weighted by molar-refractivity contribution is 5.95. The molecular formula is C20H36N6O9. The number of carboxylic acids is 1. The van der Waals surface area contributed by atoms with Crippen LogP contribution in [0.4, 0.5) is 0 Å². The van der Waals surface area contributed by atoms with Crippen LogP contribution in [0.1, 0.15) is 40.5 Å². The molecule has 0 heterocycles. The molecule has 0 saturated heterocycles. The van der Waals surface area contributed by atoms with Crippen molar-refractivity contribution in [1.29, 1.82) is 0 Å². The van der Waals surface area contributed by atoms with Crippen molar-refractivity contribution in [2.75, 3.05) is 6.54 Å². The number of hydrogen-bond acceptors (Lipinski definition) is 9. The van der Waals surface area contributed by atoms with E-state index < -0.39 is 84.8 Å². The molecule has 0 aromatic carbocycles. The molecule has 0 unspecified atom stereocenters. The van der Waals surface area contributed by atoms with Crippen LogP contribution >= 0.6 is 0 Å². The fourth-order valence-electron chi connectivity index (χ4n) is 2.84. The minimum absolute atomic E-state index is 0.0814. The predicted octanol–water partition coefficient (Wildman–Crippen LogP) is -4.35. The molecule has 0 fully saturated rings. The highest BCUT2D eigenvalue weighted by Crippen LogP contribution is 2.07. The average molecular weight is 505 g/mol. The second kappa shape index (κ2) is 14.9. The summed E-state index contributed by atoms with van der Waals surface area (Å²) in [5.41, 5.74) is 10.4. The summed E-state index contributed by atoms with van der Waals surface area (Å²) in [6, 6.07) is -5.67.